The molecule has 1 heterocycles. The van der Waals surface area contributed by atoms with E-state index < -0.39 is 11.3 Å². The van der Waals surface area contributed by atoms with E-state index in [9.17, 15) is 10.2 Å². The van der Waals surface area contributed by atoms with Crippen molar-refractivity contribution in [3.8, 4) is 0 Å². The van der Waals surface area contributed by atoms with Crippen LogP contribution < -0.4 is 0 Å². The van der Waals surface area contributed by atoms with Gasteiger partial charge in [-0.2, -0.15) is 11.8 Å². The van der Waals surface area contributed by atoms with Crippen LogP contribution in [-0.2, 0) is 0 Å². The first-order valence-electron chi connectivity index (χ1n) is 7.07. The molecule has 2 aliphatic rings. The highest BCUT2D eigenvalue weighted by molar-refractivity contribution is 7.99. The van der Waals surface area contributed by atoms with E-state index in [4.69, 9.17) is 0 Å². The number of aliphatic hydroxyl groups excluding tert-OH is 1. The van der Waals surface area contributed by atoms with E-state index in [1.165, 1.54) is 0 Å². The predicted molar refractivity (Wildman–Crippen MR) is 73.6 cm³/mol. The number of hydrogen-bond donors (Lipinski definition) is 2. The monoisotopic (exact) mass is 276 g/mol. The molecular weight excluding hydrogens is 251 g/mol. The summed E-state index contributed by atoms with van der Waals surface area (Å²) in [7, 11) is 0. The highest BCUT2D eigenvalue weighted by Gasteiger charge is 2.47. The molecule has 1 saturated carbocycles. The largest absolute Gasteiger partial charge is 0.396 e. The van der Waals surface area contributed by atoms with E-state index in [0.29, 0.717) is 31.6 Å². The molecule has 0 radical (unpaired) electrons. The van der Waals surface area contributed by atoms with Crippen molar-refractivity contribution in [2.45, 2.75) is 56.7 Å². The summed E-state index contributed by atoms with van der Waals surface area (Å²) < 4.78 is 15.1. The Morgan fingerprint density at radius 1 is 1.22 bits per heavy atom. The molecule has 2 nitrogen and oxygen atoms in total. The number of hydrogen-bond acceptors (Lipinski definition) is 3. The molecule has 1 aliphatic heterocycles. The molecule has 1 unspecified atom stereocenters. The molecule has 106 valence electrons. The van der Waals surface area contributed by atoms with E-state index in [1.807, 2.05) is 11.8 Å². The van der Waals surface area contributed by atoms with Crippen molar-refractivity contribution in [1.82, 2.24) is 0 Å². The van der Waals surface area contributed by atoms with E-state index in [1.54, 1.807) is 6.92 Å². The highest BCUT2D eigenvalue weighted by atomic mass is 32.2. The first-order valence-corrected chi connectivity index (χ1v) is 8.22. The van der Waals surface area contributed by atoms with E-state index in [2.05, 4.69) is 0 Å². The van der Waals surface area contributed by atoms with Crippen LogP contribution in [0.25, 0.3) is 0 Å². The fourth-order valence-electron chi connectivity index (χ4n) is 3.43. The maximum atomic E-state index is 15.1. The summed E-state index contributed by atoms with van der Waals surface area (Å²) in [6.45, 7) is 1.74. The minimum absolute atomic E-state index is 0.0476. The topological polar surface area (TPSA) is 40.5 Å². The zero-order chi connectivity index (χ0) is 13.2. The summed E-state index contributed by atoms with van der Waals surface area (Å²) in [6, 6.07) is 0. The Labute approximate surface area is 113 Å². The Morgan fingerprint density at radius 3 is 2.28 bits per heavy atom. The second-order valence-corrected chi connectivity index (χ2v) is 7.50. The zero-order valence-corrected chi connectivity index (χ0v) is 12.0. The molecule has 1 aliphatic carbocycles. The van der Waals surface area contributed by atoms with Crippen LogP contribution in [0.3, 0.4) is 0 Å². The lowest BCUT2D eigenvalue weighted by Gasteiger charge is -2.44. The van der Waals surface area contributed by atoms with Crippen molar-refractivity contribution < 1.29 is 14.6 Å². The Kier molecular flexibility index (Phi) is 4.61. The molecule has 0 aromatic carbocycles. The van der Waals surface area contributed by atoms with Crippen LogP contribution in [0, 0.1) is 11.8 Å². The minimum Gasteiger partial charge on any atom is -0.396 e. The Hall–Kier alpha value is 0.200. The van der Waals surface area contributed by atoms with Crippen molar-refractivity contribution >= 4 is 11.8 Å². The van der Waals surface area contributed by atoms with Gasteiger partial charge in [-0.15, -0.1) is 0 Å². The van der Waals surface area contributed by atoms with Gasteiger partial charge in [0, 0.05) is 12.5 Å². The third-order valence-corrected chi connectivity index (χ3v) is 5.90. The van der Waals surface area contributed by atoms with E-state index >= 15 is 4.39 Å². The lowest BCUT2D eigenvalue weighted by atomic mass is 9.67. The molecular formula is C14H25FO2S. The quantitative estimate of drug-likeness (QED) is 0.833. The van der Waals surface area contributed by atoms with Crippen LogP contribution in [0.4, 0.5) is 4.39 Å². The smallest absolute Gasteiger partial charge is 0.116 e. The molecule has 1 saturated heterocycles. The van der Waals surface area contributed by atoms with Crippen LogP contribution >= 0.6 is 11.8 Å². The number of aliphatic hydroxyl groups is 2. The van der Waals surface area contributed by atoms with E-state index in [0.717, 1.165) is 24.3 Å². The van der Waals surface area contributed by atoms with E-state index in [-0.39, 0.29) is 12.5 Å². The third-order valence-electron chi connectivity index (χ3n) is 4.85. The second kappa shape index (κ2) is 5.68. The van der Waals surface area contributed by atoms with Gasteiger partial charge in [0.15, 0.2) is 0 Å². The summed E-state index contributed by atoms with van der Waals surface area (Å²) in [5, 5.41) is 19.6. The van der Waals surface area contributed by atoms with Gasteiger partial charge in [-0.05, 0) is 62.9 Å². The summed E-state index contributed by atoms with van der Waals surface area (Å²) >= 11 is 1.93. The van der Waals surface area contributed by atoms with Gasteiger partial charge >= 0.3 is 0 Å². The van der Waals surface area contributed by atoms with Gasteiger partial charge in [-0.1, -0.05) is 0 Å². The average molecular weight is 276 g/mol. The molecule has 18 heavy (non-hydrogen) atoms. The second-order valence-electron chi connectivity index (χ2n) is 6.27. The van der Waals surface area contributed by atoms with Gasteiger partial charge in [0.05, 0.1) is 5.60 Å². The molecule has 2 rings (SSSR count). The number of thioether (sulfide) groups is 1. The van der Waals surface area contributed by atoms with Gasteiger partial charge in [0.1, 0.15) is 5.67 Å². The predicted octanol–water partition coefficient (Wildman–Crippen LogP) is 2.77. The lowest BCUT2D eigenvalue weighted by molar-refractivity contribution is -0.0806. The van der Waals surface area contributed by atoms with Crippen LogP contribution in [0.15, 0.2) is 0 Å². The fraction of sp³-hybridized carbons (Fsp3) is 1.00. The number of alkyl halides is 1. The third kappa shape index (κ3) is 3.20. The minimum atomic E-state index is -1.26. The van der Waals surface area contributed by atoms with Gasteiger partial charge < -0.3 is 10.2 Å². The average Bonchev–Trinajstić information content (AvgIpc) is 2.36. The fourth-order valence-corrected chi connectivity index (χ4v) is 4.57. The Bertz CT molecular complexity index is 267. The molecule has 0 bridgehead atoms. The lowest BCUT2D eigenvalue weighted by Crippen LogP contribution is -2.47. The molecule has 1 atom stereocenters. The van der Waals surface area contributed by atoms with Crippen molar-refractivity contribution in [3.05, 3.63) is 0 Å². The van der Waals surface area contributed by atoms with Crippen molar-refractivity contribution in [2.75, 3.05) is 18.1 Å². The van der Waals surface area contributed by atoms with Gasteiger partial charge in [0.25, 0.3) is 0 Å². The molecule has 2 N–H and O–H groups in total. The molecule has 2 fully saturated rings. The summed E-state index contributed by atoms with van der Waals surface area (Å²) in [5.74, 6) is 2.28. The molecule has 0 amide bonds. The molecule has 4 heteroatoms. The van der Waals surface area contributed by atoms with Crippen LogP contribution in [0.2, 0.25) is 0 Å². The number of halogens is 1. The first kappa shape index (κ1) is 14.6. The maximum Gasteiger partial charge on any atom is 0.116 e. The van der Waals surface area contributed by atoms with Crippen LogP contribution in [0.1, 0.15) is 45.4 Å². The highest BCUT2D eigenvalue weighted by Crippen LogP contribution is 2.46. The number of rotatable bonds is 3. The van der Waals surface area contributed by atoms with Crippen molar-refractivity contribution in [3.63, 3.8) is 0 Å². The normalized spacial score (nSPS) is 40.7. The molecule has 0 aromatic rings. The molecule has 0 aromatic heterocycles. The van der Waals surface area contributed by atoms with Gasteiger partial charge in [-0.3, -0.25) is 0 Å². The van der Waals surface area contributed by atoms with Crippen molar-refractivity contribution in [2.24, 2.45) is 11.8 Å². The Morgan fingerprint density at radius 2 is 1.78 bits per heavy atom. The summed E-state index contributed by atoms with van der Waals surface area (Å²) in [4.78, 5) is 0. The Balaban J connectivity index is 2.02. The summed E-state index contributed by atoms with van der Waals surface area (Å²) in [6.07, 6.45) is 3.88. The maximum absolute atomic E-state index is 15.1. The van der Waals surface area contributed by atoms with Crippen molar-refractivity contribution in [1.29, 1.82) is 0 Å². The summed E-state index contributed by atoms with van der Waals surface area (Å²) in [5.41, 5.74) is -1.97. The van der Waals surface area contributed by atoms with Gasteiger partial charge in [0.2, 0.25) is 0 Å². The SMILES string of the molecule is CC1(O)CCC(F)(C(CO)C2CCSCC2)CC1. The molecule has 0 spiro atoms. The standard InChI is InChI=1S/C14H25FO2S/c1-13(17)4-6-14(15,7-5-13)12(10-16)11-2-8-18-9-3-11/h11-12,16-17H,2-10H2,1H3. The zero-order valence-electron chi connectivity index (χ0n) is 11.2. The van der Waals surface area contributed by atoms with Crippen LogP contribution in [0.5, 0.6) is 0 Å². The first-order chi connectivity index (χ1) is 8.47. The van der Waals surface area contributed by atoms with Gasteiger partial charge in [-0.25, -0.2) is 4.39 Å². The van der Waals surface area contributed by atoms with Crippen LogP contribution in [-0.4, -0.2) is 39.6 Å².